The lowest BCUT2D eigenvalue weighted by molar-refractivity contribution is 0.0957. The zero-order chi connectivity index (χ0) is 19.3. The highest BCUT2D eigenvalue weighted by molar-refractivity contribution is 7.11. The van der Waals surface area contributed by atoms with E-state index in [9.17, 15) is 4.79 Å². The average Bonchev–Trinajstić information content (AvgIpc) is 2.93. The number of amides is 1. The fourth-order valence-electron chi connectivity index (χ4n) is 3.14. The van der Waals surface area contributed by atoms with Crippen LogP contribution in [0.15, 0.2) is 10.5 Å². The van der Waals surface area contributed by atoms with Gasteiger partial charge in [0.05, 0.1) is 11.2 Å². The predicted octanol–water partition coefficient (Wildman–Crippen LogP) is 2.00. The maximum absolute atomic E-state index is 12.1. The molecule has 0 saturated carbocycles. The third kappa shape index (κ3) is 8.26. The molecule has 0 bridgehead atoms. The second-order valence-electron chi connectivity index (χ2n) is 6.82. The van der Waals surface area contributed by atoms with Gasteiger partial charge in [0, 0.05) is 26.2 Å². The van der Waals surface area contributed by atoms with Gasteiger partial charge in [-0.2, -0.15) is 0 Å². The van der Waals surface area contributed by atoms with Crippen LogP contribution >= 0.6 is 11.3 Å². The molecule has 1 aliphatic rings. The summed E-state index contributed by atoms with van der Waals surface area (Å²) in [6.45, 7) is 10.3. The number of nitrogens with zero attached hydrogens (tertiary/aromatic N) is 3. The quantitative estimate of drug-likeness (QED) is 0.339. The lowest BCUT2D eigenvalue weighted by Crippen LogP contribution is -2.41. The van der Waals surface area contributed by atoms with Crippen molar-refractivity contribution in [2.24, 2.45) is 4.99 Å². The van der Waals surface area contributed by atoms with Crippen LogP contribution in [0.1, 0.15) is 54.4 Å². The lowest BCUT2D eigenvalue weighted by Gasteiger charge is -2.19. The van der Waals surface area contributed by atoms with Gasteiger partial charge >= 0.3 is 0 Å². The largest absolute Gasteiger partial charge is 0.357 e. The van der Waals surface area contributed by atoms with Gasteiger partial charge < -0.3 is 20.9 Å². The summed E-state index contributed by atoms with van der Waals surface area (Å²) in [5, 5.41) is 9.46. The van der Waals surface area contributed by atoms with Gasteiger partial charge in [0.25, 0.3) is 5.91 Å². The van der Waals surface area contributed by atoms with Gasteiger partial charge in [-0.25, -0.2) is 4.98 Å². The van der Waals surface area contributed by atoms with Crippen LogP contribution in [-0.2, 0) is 0 Å². The number of aryl methyl sites for hydroxylation is 1. The van der Waals surface area contributed by atoms with E-state index in [0.717, 1.165) is 37.7 Å². The summed E-state index contributed by atoms with van der Waals surface area (Å²) in [6.07, 6.45) is 6.50. The molecule has 1 aromatic heterocycles. The molecule has 2 rings (SSSR count). The van der Waals surface area contributed by atoms with Gasteiger partial charge in [-0.3, -0.25) is 9.79 Å². The fourth-order valence-corrected chi connectivity index (χ4v) is 3.86. The smallest absolute Gasteiger partial charge is 0.263 e. The second-order valence-corrected chi connectivity index (χ2v) is 7.67. The van der Waals surface area contributed by atoms with E-state index in [2.05, 4.69) is 37.8 Å². The Bertz CT molecular complexity index is 581. The van der Waals surface area contributed by atoms with Gasteiger partial charge in [-0.1, -0.05) is 12.8 Å². The molecule has 7 nitrogen and oxygen atoms in total. The minimum absolute atomic E-state index is 0.0591. The Hall–Kier alpha value is -1.67. The van der Waals surface area contributed by atoms with Crippen LogP contribution in [0.25, 0.3) is 0 Å². The topological polar surface area (TPSA) is 81.7 Å². The summed E-state index contributed by atoms with van der Waals surface area (Å²) in [4.78, 5) is 24.1. The predicted molar refractivity (Wildman–Crippen MR) is 113 cm³/mol. The number of rotatable bonds is 9. The van der Waals surface area contributed by atoms with Gasteiger partial charge in [-0.05, 0) is 52.7 Å². The Morgan fingerprint density at radius 3 is 2.59 bits per heavy atom. The molecule has 152 valence electrons. The van der Waals surface area contributed by atoms with Crippen molar-refractivity contribution < 1.29 is 4.79 Å². The molecule has 0 aromatic carbocycles. The first-order chi connectivity index (χ1) is 13.2. The van der Waals surface area contributed by atoms with Crippen molar-refractivity contribution in [2.45, 2.75) is 46.0 Å². The van der Waals surface area contributed by atoms with E-state index in [1.807, 2.05) is 6.92 Å². The van der Waals surface area contributed by atoms with E-state index >= 15 is 0 Å². The Kier molecular flexibility index (Phi) is 10.1. The first kappa shape index (κ1) is 21.6. The van der Waals surface area contributed by atoms with Crippen molar-refractivity contribution in [2.75, 3.05) is 45.8 Å². The molecule has 1 amide bonds. The van der Waals surface area contributed by atoms with Crippen LogP contribution in [0.4, 0.5) is 0 Å². The van der Waals surface area contributed by atoms with Crippen LogP contribution in [0, 0.1) is 6.92 Å². The molecule has 0 unspecified atom stereocenters. The van der Waals surface area contributed by atoms with Crippen molar-refractivity contribution >= 4 is 23.2 Å². The Labute approximate surface area is 167 Å². The summed E-state index contributed by atoms with van der Waals surface area (Å²) in [5.74, 6) is 0.757. The molecular weight excluding hydrogens is 360 g/mol. The maximum atomic E-state index is 12.1. The maximum Gasteiger partial charge on any atom is 0.263 e. The number of thiazole rings is 1. The lowest BCUT2D eigenvalue weighted by atomic mass is 10.2. The molecule has 8 heteroatoms. The van der Waals surface area contributed by atoms with Crippen molar-refractivity contribution in [3.8, 4) is 0 Å². The van der Waals surface area contributed by atoms with Crippen molar-refractivity contribution in [1.29, 1.82) is 0 Å². The van der Waals surface area contributed by atoms with Crippen LogP contribution in [0.2, 0.25) is 0 Å². The van der Waals surface area contributed by atoms with Crippen molar-refractivity contribution in [1.82, 2.24) is 25.8 Å². The second kappa shape index (κ2) is 12.7. The number of carbonyl (C=O) groups excluding carboxylic acids is 1. The van der Waals surface area contributed by atoms with Crippen LogP contribution in [-0.4, -0.2) is 67.6 Å². The Balaban J connectivity index is 1.64. The highest BCUT2D eigenvalue weighted by Gasteiger charge is 2.11. The van der Waals surface area contributed by atoms with E-state index < -0.39 is 0 Å². The van der Waals surface area contributed by atoms with Crippen LogP contribution in [0.3, 0.4) is 0 Å². The number of hydrogen-bond acceptors (Lipinski definition) is 5. The molecule has 1 fully saturated rings. The van der Waals surface area contributed by atoms with E-state index in [4.69, 9.17) is 0 Å². The number of carbonyl (C=O) groups is 1. The van der Waals surface area contributed by atoms with E-state index in [1.165, 1.54) is 50.1 Å². The highest BCUT2D eigenvalue weighted by Crippen LogP contribution is 2.11. The summed E-state index contributed by atoms with van der Waals surface area (Å²) in [6, 6.07) is 0. The first-order valence-electron chi connectivity index (χ1n) is 10.1. The molecule has 1 aromatic rings. The molecule has 27 heavy (non-hydrogen) atoms. The number of aliphatic imine (C=N–C) groups is 1. The molecular formula is C19H34N6OS. The SMILES string of the molecule is CCNC(=NCCCN1CCCCCC1)NCCNC(=O)c1scnc1C. The number of nitrogens with one attached hydrogen (secondary N) is 3. The standard InChI is InChI=1S/C19H34N6OS/c1-3-20-19(22-9-8-14-25-12-6-4-5-7-13-25)23-11-10-21-18(26)17-16(2)24-15-27-17/h15H,3-14H2,1-2H3,(H,21,26)(H2,20,22,23). The minimum atomic E-state index is -0.0591. The van der Waals surface area contributed by atoms with Crippen molar-refractivity contribution in [3.05, 3.63) is 16.1 Å². The Morgan fingerprint density at radius 2 is 1.93 bits per heavy atom. The number of hydrogen-bond donors (Lipinski definition) is 3. The molecule has 1 aliphatic heterocycles. The monoisotopic (exact) mass is 394 g/mol. The highest BCUT2D eigenvalue weighted by atomic mass is 32.1. The molecule has 0 aliphatic carbocycles. The van der Waals surface area contributed by atoms with E-state index in [1.54, 1.807) is 5.51 Å². The first-order valence-corrected chi connectivity index (χ1v) is 11.0. The molecule has 0 radical (unpaired) electrons. The van der Waals surface area contributed by atoms with Crippen LogP contribution in [0.5, 0.6) is 0 Å². The molecule has 0 atom stereocenters. The third-order valence-electron chi connectivity index (χ3n) is 4.60. The number of guanidine groups is 1. The zero-order valence-corrected chi connectivity index (χ0v) is 17.5. The van der Waals surface area contributed by atoms with E-state index in [-0.39, 0.29) is 5.91 Å². The number of likely N-dealkylation sites (tertiary alicyclic amines) is 1. The van der Waals surface area contributed by atoms with Gasteiger partial charge in [-0.15, -0.1) is 11.3 Å². The van der Waals surface area contributed by atoms with Crippen LogP contribution < -0.4 is 16.0 Å². The molecule has 1 saturated heterocycles. The normalized spacial score (nSPS) is 16.0. The summed E-state index contributed by atoms with van der Waals surface area (Å²) >= 11 is 1.37. The third-order valence-corrected chi connectivity index (χ3v) is 5.53. The summed E-state index contributed by atoms with van der Waals surface area (Å²) in [7, 11) is 0. The molecule has 0 spiro atoms. The van der Waals surface area contributed by atoms with Gasteiger partial charge in [0.15, 0.2) is 5.96 Å². The summed E-state index contributed by atoms with van der Waals surface area (Å²) < 4.78 is 0. The Morgan fingerprint density at radius 1 is 1.19 bits per heavy atom. The molecule has 2 heterocycles. The number of aromatic nitrogens is 1. The van der Waals surface area contributed by atoms with Gasteiger partial charge in [0.1, 0.15) is 4.88 Å². The van der Waals surface area contributed by atoms with E-state index in [0.29, 0.717) is 18.0 Å². The van der Waals surface area contributed by atoms with Crippen molar-refractivity contribution in [3.63, 3.8) is 0 Å². The molecule has 3 N–H and O–H groups in total. The zero-order valence-electron chi connectivity index (χ0n) is 16.7. The fraction of sp³-hybridized carbons (Fsp3) is 0.737. The summed E-state index contributed by atoms with van der Waals surface area (Å²) in [5.41, 5.74) is 2.48. The van der Waals surface area contributed by atoms with Gasteiger partial charge in [0.2, 0.25) is 0 Å². The average molecular weight is 395 g/mol. The minimum Gasteiger partial charge on any atom is -0.357 e.